The van der Waals surface area contributed by atoms with Gasteiger partial charge in [0.05, 0.1) is 4.90 Å². The van der Waals surface area contributed by atoms with Gasteiger partial charge in [0, 0.05) is 0 Å². The van der Waals surface area contributed by atoms with Crippen LogP contribution in [0, 0.1) is 5.92 Å². The minimum Gasteiger partial charge on any atom is -0.244 e. The van der Waals surface area contributed by atoms with E-state index in [0.717, 1.165) is 37.1 Å². The Hall–Kier alpha value is -0.780. The molecule has 0 aliphatic heterocycles. The molecule has 0 heterocycles. The quantitative estimate of drug-likeness (QED) is 0.546. The minimum atomic E-state index is -5.32. The molecule has 0 N–H and O–H groups in total. The predicted molar refractivity (Wildman–Crippen MR) is 75.6 cm³/mol. The average molecular weight is 326 g/mol. The van der Waals surface area contributed by atoms with Gasteiger partial charge in [-0.2, -0.15) is 0 Å². The number of hydrogen-bond donors (Lipinski definition) is 0. The second-order valence-corrected chi connectivity index (χ2v) is 6.97. The Morgan fingerprint density at radius 2 is 1.81 bits per heavy atom. The maximum atomic E-state index is 14.9. The highest BCUT2D eigenvalue weighted by Crippen LogP contribution is 2.60. The zero-order valence-corrected chi connectivity index (χ0v) is 12.6. The van der Waals surface area contributed by atoms with Crippen LogP contribution < -0.4 is 0 Å². The number of alkyl halides is 2. The first-order valence-corrected chi connectivity index (χ1v) is 8.46. The second-order valence-electron chi connectivity index (χ2n) is 5.69. The summed E-state index contributed by atoms with van der Waals surface area (Å²) >= 11 is -5.32. The van der Waals surface area contributed by atoms with E-state index in [9.17, 15) is 20.4 Å². The van der Waals surface area contributed by atoms with Crippen molar-refractivity contribution in [2.75, 3.05) is 0 Å². The van der Waals surface area contributed by atoms with Crippen LogP contribution >= 0.6 is 11.2 Å². The molecule has 0 nitrogen and oxygen atoms in total. The van der Waals surface area contributed by atoms with Crippen LogP contribution in [0.2, 0.25) is 0 Å². The van der Waals surface area contributed by atoms with Crippen LogP contribution in [0.3, 0.4) is 0 Å². The number of rotatable bonds is 4. The van der Waals surface area contributed by atoms with Gasteiger partial charge in [-0.3, -0.25) is 0 Å². The van der Waals surface area contributed by atoms with E-state index in [-0.39, 0.29) is 24.3 Å². The maximum Gasteiger partial charge on any atom is 0.237 e. The van der Waals surface area contributed by atoms with E-state index < -0.39 is 27.9 Å². The second kappa shape index (κ2) is 6.15. The van der Waals surface area contributed by atoms with Gasteiger partial charge in [-0.25, -0.2) is 8.78 Å². The Morgan fingerprint density at radius 3 is 2.29 bits per heavy atom. The molecule has 1 aliphatic rings. The lowest BCUT2D eigenvalue weighted by Gasteiger charge is -2.37. The molecule has 3 unspecified atom stereocenters. The first-order chi connectivity index (χ1) is 9.77. The smallest absolute Gasteiger partial charge is 0.237 e. The van der Waals surface area contributed by atoms with Gasteiger partial charge in [0.15, 0.2) is 5.67 Å². The standard InChI is InChI=1S/C15H19F5S/c1-2-3-11-8-9-15(17,14(16)10-11)12-4-6-13(7-5-12)21(18,19)20/h4-7,11,14H,2-3,8-10H2,1H3. The van der Waals surface area contributed by atoms with Crippen LogP contribution in [0.4, 0.5) is 20.4 Å². The molecule has 1 aromatic carbocycles. The van der Waals surface area contributed by atoms with Crippen molar-refractivity contribution in [3.8, 4) is 0 Å². The summed E-state index contributed by atoms with van der Waals surface area (Å²) in [5, 5.41) is 0. The van der Waals surface area contributed by atoms with Crippen molar-refractivity contribution in [3.05, 3.63) is 29.8 Å². The lowest BCUT2D eigenvalue weighted by Crippen LogP contribution is -2.38. The van der Waals surface area contributed by atoms with Crippen molar-refractivity contribution < 1.29 is 20.4 Å². The van der Waals surface area contributed by atoms with E-state index >= 15 is 0 Å². The van der Waals surface area contributed by atoms with Crippen molar-refractivity contribution in [1.29, 1.82) is 0 Å². The highest BCUT2D eigenvalue weighted by atomic mass is 32.3. The predicted octanol–water partition coefficient (Wildman–Crippen LogP) is 6.61. The summed E-state index contributed by atoms with van der Waals surface area (Å²) in [6.45, 7) is 2.00. The molecule has 6 heteroatoms. The minimum absolute atomic E-state index is 0.0253. The Morgan fingerprint density at radius 1 is 1.19 bits per heavy atom. The summed E-state index contributed by atoms with van der Waals surface area (Å²) in [6.07, 6.45) is 0.920. The van der Waals surface area contributed by atoms with Gasteiger partial charge >= 0.3 is 0 Å². The van der Waals surface area contributed by atoms with Crippen molar-refractivity contribution >= 4 is 11.2 Å². The van der Waals surface area contributed by atoms with Gasteiger partial charge in [0.2, 0.25) is 11.2 Å². The molecule has 0 bridgehead atoms. The molecule has 0 aromatic heterocycles. The Balaban J connectivity index is 2.17. The van der Waals surface area contributed by atoms with Crippen LogP contribution in [0.5, 0.6) is 0 Å². The van der Waals surface area contributed by atoms with Crippen LogP contribution in [0.1, 0.15) is 44.6 Å². The number of benzene rings is 1. The number of halogens is 5. The lowest BCUT2D eigenvalue weighted by molar-refractivity contribution is -0.0125. The highest BCUT2D eigenvalue weighted by molar-refractivity contribution is 8.20. The van der Waals surface area contributed by atoms with Gasteiger partial charge in [-0.05, 0) is 42.9 Å². The molecule has 1 fully saturated rings. The third-order valence-corrected chi connectivity index (χ3v) is 5.06. The molecule has 0 radical (unpaired) electrons. The fourth-order valence-corrected chi connectivity index (χ4v) is 3.49. The zero-order valence-electron chi connectivity index (χ0n) is 11.8. The van der Waals surface area contributed by atoms with Crippen molar-refractivity contribution in [3.63, 3.8) is 0 Å². The van der Waals surface area contributed by atoms with E-state index in [2.05, 4.69) is 0 Å². The molecule has 1 saturated carbocycles. The van der Waals surface area contributed by atoms with E-state index in [0.29, 0.717) is 6.42 Å². The van der Waals surface area contributed by atoms with Gasteiger partial charge in [0.25, 0.3) is 0 Å². The van der Waals surface area contributed by atoms with E-state index in [1.54, 1.807) is 0 Å². The summed E-state index contributed by atoms with van der Waals surface area (Å²) < 4.78 is 66.9. The van der Waals surface area contributed by atoms with Crippen LogP contribution in [-0.4, -0.2) is 6.17 Å². The molecule has 1 aliphatic carbocycles. The highest BCUT2D eigenvalue weighted by Gasteiger charge is 2.45. The van der Waals surface area contributed by atoms with Crippen molar-refractivity contribution in [1.82, 2.24) is 0 Å². The summed E-state index contributed by atoms with van der Waals surface area (Å²) in [7, 11) is 0. The summed E-state index contributed by atoms with van der Waals surface area (Å²) in [5.74, 6) is 0.174. The first kappa shape index (κ1) is 16.6. The maximum absolute atomic E-state index is 14.9. The molecule has 0 saturated heterocycles. The summed E-state index contributed by atoms with van der Waals surface area (Å²) in [5.41, 5.74) is -2.12. The molecule has 1 aromatic rings. The van der Waals surface area contributed by atoms with E-state index in [1.807, 2.05) is 6.92 Å². The first-order valence-electron chi connectivity index (χ1n) is 7.13. The Labute approximate surface area is 123 Å². The van der Waals surface area contributed by atoms with Crippen LogP contribution in [-0.2, 0) is 5.67 Å². The topological polar surface area (TPSA) is 0 Å². The normalized spacial score (nSPS) is 31.1. The largest absolute Gasteiger partial charge is 0.244 e. The molecule has 120 valence electrons. The van der Waals surface area contributed by atoms with Crippen molar-refractivity contribution in [2.45, 2.75) is 55.8 Å². The van der Waals surface area contributed by atoms with E-state index in [4.69, 9.17) is 0 Å². The molecule has 2 rings (SSSR count). The fourth-order valence-electron chi connectivity index (χ4n) is 3.05. The molecule has 0 spiro atoms. The van der Waals surface area contributed by atoms with Gasteiger partial charge in [0.1, 0.15) is 6.17 Å². The van der Waals surface area contributed by atoms with Gasteiger partial charge < -0.3 is 0 Å². The van der Waals surface area contributed by atoms with Gasteiger partial charge in [-0.1, -0.05) is 31.9 Å². The Bertz CT molecular complexity index is 470. The van der Waals surface area contributed by atoms with E-state index in [1.165, 1.54) is 0 Å². The third kappa shape index (κ3) is 3.52. The number of hydrogen-bond acceptors (Lipinski definition) is 0. The SMILES string of the molecule is CCCC1CCC(F)(c2ccc(S(F)(F)F)cc2)C(F)C1. The average Bonchev–Trinajstić information content (AvgIpc) is 2.43. The zero-order chi connectivity index (χ0) is 15.7. The Kier molecular flexibility index (Phi) is 4.85. The van der Waals surface area contributed by atoms with Crippen LogP contribution in [0.25, 0.3) is 0 Å². The molecule has 0 amide bonds. The monoisotopic (exact) mass is 326 g/mol. The molecular formula is C15H19F5S. The lowest BCUT2D eigenvalue weighted by atomic mass is 9.74. The van der Waals surface area contributed by atoms with Crippen LogP contribution in [0.15, 0.2) is 29.2 Å². The molecular weight excluding hydrogens is 307 g/mol. The van der Waals surface area contributed by atoms with Gasteiger partial charge in [-0.15, -0.1) is 11.7 Å². The molecule has 21 heavy (non-hydrogen) atoms. The van der Waals surface area contributed by atoms with Crippen molar-refractivity contribution in [2.24, 2.45) is 5.92 Å². The summed E-state index contributed by atoms with van der Waals surface area (Å²) in [4.78, 5) is -0.759. The third-order valence-electron chi connectivity index (χ3n) is 4.25. The fraction of sp³-hybridized carbons (Fsp3) is 0.600. The molecule has 3 atom stereocenters. The summed E-state index contributed by atoms with van der Waals surface area (Å²) in [6, 6.07) is 3.89.